The van der Waals surface area contributed by atoms with Gasteiger partial charge < -0.3 is 8.98 Å². The van der Waals surface area contributed by atoms with Gasteiger partial charge in [0.05, 0.1) is 11.0 Å². The lowest BCUT2D eigenvalue weighted by molar-refractivity contribution is 0.671. The molecule has 4 heterocycles. The van der Waals surface area contributed by atoms with Crippen LogP contribution in [-0.4, -0.2) is 9.55 Å². The first-order chi connectivity index (χ1) is 25.3. The summed E-state index contributed by atoms with van der Waals surface area (Å²) in [5.74, 6) is 0. The lowest BCUT2D eigenvalue weighted by Crippen LogP contribution is -1.92. The van der Waals surface area contributed by atoms with Crippen molar-refractivity contribution in [2.75, 3.05) is 0 Å². The van der Waals surface area contributed by atoms with Crippen molar-refractivity contribution in [1.82, 2.24) is 9.55 Å². The van der Waals surface area contributed by atoms with E-state index >= 15 is 0 Å². The third kappa shape index (κ3) is 4.27. The first-order valence-corrected chi connectivity index (χ1v) is 18.0. The molecule has 0 aliphatic carbocycles. The Labute approximate surface area is 297 Å². The molecule has 0 N–H and O–H groups in total. The molecule has 4 aromatic heterocycles. The van der Waals surface area contributed by atoms with Crippen LogP contribution in [-0.2, 0) is 0 Å². The molecule has 0 amide bonds. The fraction of sp³-hybridized carbons (Fsp3) is 0. The summed E-state index contributed by atoms with van der Waals surface area (Å²) in [6.45, 7) is 0. The summed E-state index contributed by atoms with van der Waals surface area (Å²) in [6, 6.07) is 56.7. The van der Waals surface area contributed by atoms with Crippen LogP contribution in [0.5, 0.6) is 0 Å². The monoisotopic (exact) mass is 668 g/mol. The largest absolute Gasteiger partial charge is 0.455 e. The van der Waals surface area contributed by atoms with E-state index in [1.54, 1.807) is 0 Å². The maximum atomic E-state index is 7.11. The molecule has 0 atom stereocenters. The molecule has 4 heteroatoms. The van der Waals surface area contributed by atoms with Gasteiger partial charge in [0, 0.05) is 70.9 Å². The predicted molar refractivity (Wildman–Crippen MR) is 215 cm³/mol. The van der Waals surface area contributed by atoms with Crippen LogP contribution in [0.4, 0.5) is 0 Å². The first kappa shape index (κ1) is 28.4. The van der Waals surface area contributed by atoms with Crippen LogP contribution in [0.15, 0.2) is 175 Å². The molecule has 0 aliphatic heterocycles. The van der Waals surface area contributed by atoms with Gasteiger partial charge >= 0.3 is 0 Å². The van der Waals surface area contributed by atoms with Crippen LogP contribution in [0.1, 0.15) is 0 Å². The number of thiophene rings is 1. The highest BCUT2D eigenvalue weighted by Crippen LogP contribution is 2.48. The first-order valence-electron chi connectivity index (χ1n) is 17.2. The van der Waals surface area contributed by atoms with Crippen molar-refractivity contribution in [1.29, 1.82) is 0 Å². The van der Waals surface area contributed by atoms with Crippen molar-refractivity contribution in [3.8, 4) is 39.1 Å². The number of hydrogen-bond donors (Lipinski definition) is 0. The summed E-state index contributed by atoms with van der Waals surface area (Å²) in [5, 5.41) is 7.26. The van der Waals surface area contributed by atoms with Crippen LogP contribution >= 0.6 is 11.3 Å². The highest BCUT2D eigenvalue weighted by atomic mass is 32.1. The van der Waals surface area contributed by atoms with Crippen molar-refractivity contribution in [3.63, 3.8) is 0 Å². The molecule has 11 rings (SSSR count). The molecule has 0 unspecified atom stereocenters. The van der Waals surface area contributed by atoms with E-state index in [9.17, 15) is 0 Å². The third-order valence-corrected chi connectivity index (χ3v) is 11.5. The lowest BCUT2D eigenvalue weighted by atomic mass is 9.96. The number of para-hydroxylation sites is 3. The zero-order valence-electron chi connectivity index (χ0n) is 27.4. The van der Waals surface area contributed by atoms with Crippen LogP contribution in [0.25, 0.3) is 103 Å². The molecule has 0 saturated heterocycles. The normalized spacial score (nSPS) is 11.9. The predicted octanol–water partition coefficient (Wildman–Crippen LogP) is 13.4. The molecule has 238 valence electrons. The molecule has 0 bridgehead atoms. The molecule has 0 spiro atoms. The number of rotatable bonds is 4. The Kier molecular flexibility index (Phi) is 6.12. The van der Waals surface area contributed by atoms with Crippen molar-refractivity contribution < 1.29 is 4.42 Å². The molecule has 11 aromatic rings. The van der Waals surface area contributed by atoms with E-state index in [0.717, 1.165) is 61.0 Å². The fourth-order valence-corrected chi connectivity index (χ4v) is 9.20. The van der Waals surface area contributed by atoms with Crippen molar-refractivity contribution in [2.45, 2.75) is 0 Å². The lowest BCUT2D eigenvalue weighted by Gasteiger charge is -2.08. The summed E-state index contributed by atoms with van der Waals surface area (Å²) in [4.78, 5) is 4.34. The van der Waals surface area contributed by atoms with Gasteiger partial charge in [-0.1, -0.05) is 109 Å². The average Bonchev–Trinajstić information content (AvgIpc) is 3.87. The summed E-state index contributed by atoms with van der Waals surface area (Å²) >= 11 is 1.84. The second kappa shape index (κ2) is 11.0. The van der Waals surface area contributed by atoms with Gasteiger partial charge in [-0.25, -0.2) is 0 Å². The summed E-state index contributed by atoms with van der Waals surface area (Å²) in [6.07, 6.45) is 3.73. The van der Waals surface area contributed by atoms with Gasteiger partial charge in [0.15, 0.2) is 0 Å². The zero-order chi connectivity index (χ0) is 33.5. The van der Waals surface area contributed by atoms with Gasteiger partial charge in [0.2, 0.25) is 0 Å². The third-order valence-electron chi connectivity index (χ3n) is 10.3. The van der Waals surface area contributed by atoms with Crippen LogP contribution in [0.2, 0.25) is 0 Å². The highest BCUT2D eigenvalue weighted by Gasteiger charge is 2.22. The van der Waals surface area contributed by atoms with Gasteiger partial charge in [-0.15, -0.1) is 11.3 Å². The summed E-state index contributed by atoms with van der Waals surface area (Å²) < 4.78 is 12.0. The average molecular weight is 669 g/mol. The zero-order valence-corrected chi connectivity index (χ0v) is 28.2. The van der Waals surface area contributed by atoms with Gasteiger partial charge in [0.1, 0.15) is 11.2 Å². The number of benzene rings is 7. The van der Waals surface area contributed by atoms with Gasteiger partial charge in [-0.3, -0.25) is 4.98 Å². The Morgan fingerprint density at radius 3 is 2.08 bits per heavy atom. The molecule has 0 radical (unpaired) electrons. The Hall–Kier alpha value is -6.49. The number of nitrogens with zero attached hydrogens (tertiary/aromatic N) is 2. The maximum Gasteiger partial charge on any atom is 0.144 e. The van der Waals surface area contributed by atoms with Crippen molar-refractivity contribution in [2.24, 2.45) is 0 Å². The fourth-order valence-electron chi connectivity index (χ4n) is 7.96. The molecule has 7 aromatic carbocycles. The van der Waals surface area contributed by atoms with E-state index in [1.807, 2.05) is 29.8 Å². The van der Waals surface area contributed by atoms with Gasteiger partial charge in [-0.2, -0.15) is 0 Å². The highest BCUT2D eigenvalue weighted by molar-refractivity contribution is 7.26. The van der Waals surface area contributed by atoms with E-state index in [4.69, 9.17) is 4.42 Å². The van der Waals surface area contributed by atoms with Crippen LogP contribution in [0, 0.1) is 0 Å². The van der Waals surface area contributed by atoms with E-state index in [0.29, 0.717) is 0 Å². The molecule has 0 fully saturated rings. The van der Waals surface area contributed by atoms with E-state index in [-0.39, 0.29) is 0 Å². The molecule has 51 heavy (non-hydrogen) atoms. The molecular weight excluding hydrogens is 641 g/mol. The minimum absolute atomic E-state index is 0.911. The number of aromatic nitrogens is 2. The maximum absolute atomic E-state index is 7.11. The number of pyridine rings is 1. The van der Waals surface area contributed by atoms with Crippen LogP contribution < -0.4 is 0 Å². The van der Waals surface area contributed by atoms with Crippen molar-refractivity contribution >= 4 is 75.3 Å². The summed E-state index contributed by atoms with van der Waals surface area (Å²) in [5.41, 5.74) is 12.1. The second-order valence-electron chi connectivity index (χ2n) is 13.1. The number of fused-ring (bicyclic) bond motifs is 9. The molecule has 3 nitrogen and oxygen atoms in total. The number of furan rings is 1. The van der Waals surface area contributed by atoms with E-state index in [2.05, 4.69) is 161 Å². The minimum atomic E-state index is 0.911. The minimum Gasteiger partial charge on any atom is -0.455 e. The Morgan fingerprint density at radius 2 is 1.22 bits per heavy atom. The SMILES string of the molecule is c1ccc(-n2c3ccccc3c3cc(-c4cccc5c4oc4c(-c6ccc(-c7cccnc7)cc6)c6sc7ccccc7c6cc45)ccc32)cc1. The topological polar surface area (TPSA) is 31.0 Å². The molecule has 0 aliphatic rings. The quantitative estimate of drug-likeness (QED) is 0.187. The summed E-state index contributed by atoms with van der Waals surface area (Å²) in [7, 11) is 0. The second-order valence-corrected chi connectivity index (χ2v) is 14.2. The van der Waals surface area contributed by atoms with Gasteiger partial charge in [-0.05, 0) is 70.8 Å². The Balaban J connectivity index is 1.16. The van der Waals surface area contributed by atoms with Crippen LogP contribution in [0.3, 0.4) is 0 Å². The molecular formula is C47H28N2OS. The Bertz CT molecular complexity index is 3110. The van der Waals surface area contributed by atoms with E-state index < -0.39 is 0 Å². The van der Waals surface area contributed by atoms with E-state index in [1.165, 1.54) is 42.0 Å². The standard InChI is InChI=1S/C47H28N2OS/c1-2-11-33(12-3-1)49-41-17-6-4-13-35(41)38-26-31(23-24-42(38)49)34-15-8-16-37-39-27-40-36-14-5-7-18-43(36)51-47(40)44(46(39)50-45(34)37)30-21-19-29(20-22-30)32-10-9-25-48-28-32/h1-28H. The molecule has 0 saturated carbocycles. The van der Waals surface area contributed by atoms with Gasteiger partial charge in [0.25, 0.3) is 0 Å². The van der Waals surface area contributed by atoms with Crippen molar-refractivity contribution in [3.05, 3.63) is 170 Å². The smallest absolute Gasteiger partial charge is 0.144 e. The Morgan fingerprint density at radius 1 is 0.471 bits per heavy atom. The number of hydrogen-bond acceptors (Lipinski definition) is 3.